The molecule has 1 rings (SSSR count). The molecular weight excluding hydrogens is 234 g/mol. The Morgan fingerprint density at radius 1 is 1.53 bits per heavy atom. The summed E-state index contributed by atoms with van der Waals surface area (Å²) in [7, 11) is 2.14. The minimum absolute atomic E-state index is 0.0262. The number of carbonyl (C=O) groups is 1. The first-order valence-corrected chi connectivity index (χ1v) is 7.56. The molecule has 0 aromatic carbocycles. The molecule has 100 valence electrons. The van der Waals surface area contributed by atoms with E-state index < -0.39 is 0 Å². The third-order valence-corrected chi connectivity index (χ3v) is 4.09. The highest BCUT2D eigenvalue weighted by Crippen LogP contribution is 2.09. The van der Waals surface area contributed by atoms with Gasteiger partial charge in [-0.2, -0.15) is 0 Å². The summed E-state index contributed by atoms with van der Waals surface area (Å²) < 4.78 is 0. The molecule has 1 saturated heterocycles. The maximum atomic E-state index is 11.7. The topological polar surface area (TPSA) is 44.4 Å². The monoisotopic (exact) mass is 259 g/mol. The van der Waals surface area contributed by atoms with Crippen LogP contribution in [0.4, 0.5) is 0 Å². The number of unbranched alkanes of at least 4 members (excludes halogenated alkanes) is 1. The molecule has 0 aliphatic carbocycles. The molecule has 0 radical (unpaired) electrons. The summed E-state index contributed by atoms with van der Waals surface area (Å²) in [6.45, 7) is 6.30. The highest BCUT2D eigenvalue weighted by atomic mass is 32.2. The molecule has 1 fully saturated rings. The molecule has 1 atom stereocenters. The van der Waals surface area contributed by atoms with Crippen LogP contribution in [-0.2, 0) is 4.79 Å². The number of hydrogen-bond donors (Lipinski definition) is 2. The van der Waals surface area contributed by atoms with Crippen molar-refractivity contribution in [2.45, 2.75) is 38.8 Å². The van der Waals surface area contributed by atoms with Crippen molar-refractivity contribution in [2.75, 3.05) is 31.8 Å². The van der Waals surface area contributed by atoms with Gasteiger partial charge in [0.25, 0.3) is 0 Å². The Balaban J connectivity index is 1.98. The van der Waals surface area contributed by atoms with Crippen LogP contribution in [0.5, 0.6) is 0 Å². The van der Waals surface area contributed by atoms with Gasteiger partial charge in [-0.15, -0.1) is 11.8 Å². The van der Waals surface area contributed by atoms with Gasteiger partial charge in [-0.05, 0) is 40.3 Å². The van der Waals surface area contributed by atoms with Crippen LogP contribution in [-0.4, -0.2) is 54.7 Å². The number of rotatable bonds is 7. The van der Waals surface area contributed by atoms with Gasteiger partial charge in [-0.1, -0.05) is 0 Å². The molecule has 1 unspecified atom stereocenters. The first kappa shape index (κ1) is 14.8. The Bertz CT molecular complexity index is 230. The summed E-state index contributed by atoms with van der Waals surface area (Å²) in [6.07, 6.45) is 2.20. The van der Waals surface area contributed by atoms with Gasteiger partial charge < -0.3 is 10.2 Å². The smallest absolute Gasteiger partial charge is 0.238 e. The van der Waals surface area contributed by atoms with Crippen LogP contribution in [0.3, 0.4) is 0 Å². The fourth-order valence-electron chi connectivity index (χ4n) is 1.64. The number of hydrogen-bond acceptors (Lipinski definition) is 4. The van der Waals surface area contributed by atoms with Crippen molar-refractivity contribution in [3.05, 3.63) is 0 Å². The maximum absolute atomic E-state index is 11.7. The highest BCUT2D eigenvalue weighted by Gasteiger charge is 2.21. The molecule has 0 spiro atoms. The number of thioether (sulfide) groups is 1. The number of carbonyl (C=O) groups excluding carboxylic acids is 1. The molecule has 0 bridgehead atoms. The van der Waals surface area contributed by atoms with E-state index in [4.69, 9.17) is 0 Å². The van der Waals surface area contributed by atoms with Gasteiger partial charge >= 0.3 is 0 Å². The lowest BCUT2D eigenvalue weighted by molar-refractivity contribution is -0.122. The third kappa shape index (κ3) is 5.75. The molecule has 1 aliphatic rings. The lowest BCUT2D eigenvalue weighted by Crippen LogP contribution is -2.42. The van der Waals surface area contributed by atoms with Gasteiger partial charge in [-0.25, -0.2) is 0 Å². The normalized spacial score (nSPS) is 20.2. The minimum atomic E-state index is 0.0262. The zero-order valence-electron chi connectivity index (χ0n) is 11.2. The lowest BCUT2D eigenvalue weighted by atomic mass is 10.2. The predicted octanol–water partition coefficient (Wildman–Crippen LogP) is 0.886. The molecule has 4 nitrogen and oxygen atoms in total. The minimum Gasteiger partial charge on any atom is -0.355 e. The van der Waals surface area contributed by atoms with E-state index in [9.17, 15) is 4.79 Å². The second-order valence-corrected chi connectivity index (χ2v) is 5.87. The summed E-state index contributed by atoms with van der Waals surface area (Å²) in [6, 6.07) is 0.627. The van der Waals surface area contributed by atoms with E-state index in [-0.39, 0.29) is 11.9 Å². The van der Waals surface area contributed by atoms with Crippen LogP contribution in [0.25, 0.3) is 0 Å². The van der Waals surface area contributed by atoms with Gasteiger partial charge in [-0.3, -0.25) is 10.1 Å². The predicted molar refractivity (Wildman–Crippen MR) is 74.3 cm³/mol. The van der Waals surface area contributed by atoms with Crippen molar-refractivity contribution >= 4 is 17.7 Å². The van der Waals surface area contributed by atoms with Crippen molar-refractivity contribution in [3.8, 4) is 0 Å². The van der Waals surface area contributed by atoms with Crippen molar-refractivity contribution in [1.82, 2.24) is 15.5 Å². The molecule has 1 heterocycles. The summed E-state index contributed by atoms with van der Waals surface area (Å²) in [5, 5.41) is 6.17. The summed E-state index contributed by atoms with van der Waals surface area (Å²) in [4.78, 5) is 14.0. The molecule has 1 amide bonds. The van der Waals surface area contributed by atoms with Crippen molar-refractivity contribution in [3.63, 3.8) is 0 Å². The molecular formula is C12H25N3OS. The van der Waals surface area contributed by atoms with Crippen molar-refractivity contribution < 1.29 is 4.79 Å². The van der Waals surface area contributed by atoms with E-state index >= 15 is 0 Å². The molecule has 0 aromatic heterocycles. The summed E-state index contributed by atoms with van der Waals surface area (Å²) in [5.41, 5.74) is 0. The first-order chi connectivity index (χ1) is 8.11. The fraction of sp³-hybridized carbons (Fsp3) is 0.917. The molecule has 0 aromatic rings. The van der Waals surface area contributed by atoms with E-state index in [1.54, 1.807) is 11.8 Å². The first-order valence-electron chi connectivity index (χ1n) is 6.40. The highest BCUT2D eigenvalue weighted by molar-refractivity contribution is 7.99. The van der Waals surface area contributed by atoms with Crippen LogP contribution in [0.1, 0.15) is 26.7 Å². The maximum Gasteiger partial charge on any atom is 0.238 e. The zero-order chi connectivity index (χ0) is 12.7. The van der Waals surface area contributed by atoms with E-state index in [0.717, 1.165) is 37.6 Å². The SMILES string of the molecule is CC(C)N(C)CCCCNC(=O)C1CSCN1. The molecule has 1 aliphatic heterocycles. The summed E-state index contributed by atoms with van der Waals surface area (Å²) >= 11 is 1.78. The van der Waals surface area contributed by atoms with E-state index in [1.807, 2.05) is 0 Å². The Labute approximate surface area is 109 Å². The van der Waals surface area contributed by atoms with Gasteiger partial charge in [0.05, 0.1) is 6.04 Å². The quantitative estimate of drug-likeness (QED) is 0.666. The average molecular weight is 259 g/mol. The Kier molecular flexibility index (Phi) is 6.92. The van der Waals surface area contributed by atoms with Crippen molar-refractivity contribution in [1.29, 1.82) is 0 Å². The molecule has 5 heteroatoms. The largest absolute Gasteiger partial charge is 0.355 e. The Morgan fingerprint density at radius 3 is 2.88 bits per heavy atom. The van der Waals surface area contributed by atoms with Crippen molar-refractivity contribution in [2.24, 2.45) is 0 Å². The second kappa shape index (κ2) is 7.95. The van der Waals surface area contributed by atoms with Crippen LogP contribution in [0.15, 0.2) is 0 Å². The molecule has 0 saturated carbocycles. The van der Waals surface area contributed by atoms with E-state index in [2.05, 4.69) is 36.4 Å². The fourth-order valence-corrected chi connectivity index (χ4v) is 2.58. The lowest BCUT2D eigenvalue weighted by Gasteiger charge is -2.20. The van der Waals surface area contributed by atoms with Gasteiger partial charge in [0.2, 0.25) is 5.91 Å². The van der Waals surface area contributed by atoms with E-state index in [1.165, 1.54) is 0 Å². The second-order valence-electron chi connectivity index (χ2n) is 4.84. The number of amides is 1. The van der Waals surface area contributed by atoms with Gasteiger partial charge in [0.1, 0.15) is 0 Å². The Morgan fingerprint density at radius 2 is 2.29 bits per heavy atom. The van der Waals surface area contributed by atoms with Crippen LogP contribution >= 0.6 is 11.8 Å². The van der Waals surface area contributed by atoms with Gasteiger partial charge in [0, 0.05) is 24.2 Å². The summed E-state index contributed by atoms with van der Waals surface area (Å²) in [5.74, 6) is 1.96. The zero-order valence-corrected chi connectivity index (χ0v) is 12.0. The number of nitrogens with one attached hydrogen (secondary N) is 2. The van der Waals surface area contributed by atoms with Crippen LogP contribution < -0.4 is 10.6 Å². The molecule has 17 heavy (non-hydrogen) atoms. The van der Waals surface area contributed by atoms with Crippen LogP contribution in [0, 0.1) is 0 Å². The standard InChI is InChI=1S/C12H25N3OS/c1-10(2)15(3)7-5-4-6-13-12(16)11-8-17-9-14-11/h10-11,14H,4-9H2,1-3H3,(H,13,16). The molecule has 2 N–H and O–H groups in total. The number of nitrogens with zero attached hydrogens (tertiary/aromatic N) is 1. The third-order valence-electron chi connectivity index (χ3n) is 3.15. The van der Waals surface area contributed by atoms with Crippen LogP contribution in [0.2, 0.25) is 0 Å². The Hall–Kier alpha value is -0.260. The van der Waals surface area contributed by atoms with Gasteiger partial charge in [0.15, 0.2) is 0 Å². The average Bonchev–Trinajstić information content (AvgIpc) is 2.81. The van der Waals surface area contributed by atoms with E-state index in [0.29, 0.717) is 6.04 Å².